The highest BCUT2D eigenvalue weighted by atomic mass is 32.2. The van der Waals surface area contributed by atoms with Crippen LogP contribution >= 0.6 is 0 Å². The monoisotopic (exact) mass is 562 g/mol. The first-order valence-corrected chi connectivity index (χ1v) is 13.8. The normalized spacial score (nSPS) is 11.7. The Kier molecular flexibility index (Phi) is 7.20. The van der Waals surface area contributed by atoms with Crippen molar-refractivity contribution in [2.75, 3.05) is 14.8 Å². The second-order valence-electron chi connectivity index (χ2n) is 8.03. The third kappa shape index (κ3) is 5.65. The van der Waals surface area contributed by atoms with Crippen molar-refractivity contribution in [3.8, 4) is 0 Å². The third-order valence-corrected chi connectivity index (χ3v) is 8.13. The minimum Gasteiger partial charge on any atom is -0.337 e. The van der Waals surface area contributed by atoms with Crippen LogP contribution in [0, 0.1) is 25.5 Å². The minimum absolute atomic E-state index is 0.0117. The van der Waals surface area contributed by atoms with Gasteiger partial charge in [-0.15, -0.1) is 0 Å². The number of aromatic nitrogens is 1. The number of aryl methyl sites for hydroxylation is 1. The number of benzene rings is 3. The molecule has 3 aromatic carbocycles. The Morgan fingerprint density at radius 1 is 0.816 bits per heavy atom. The zero-order valence-corrected chi connectivity index (χ0v) is 21.5. The number of anilines is 3. The molecule has 0 saturated heterocycles. The van der Waals surface area contributed by atoms with Crippen molar-refractivity contribution in [3.63, 3.8) is 0 Å². The fourth-order valence-corrected chi connectivity index (χ4v) is 5.36. The standard InChI is InChI=1S/C24H20F2N4O6S2/c1-14-15(2)28-36-24(14)30-37(32,33)17-9-7-16(8-10-17)27-23(31)19-5-3-4-6-22(19)29-38(34,35)18-11-12-20(25)21(26)13-18/h3-13,29-30H,1-2H3,(H,27,31). The maximum atomic E-state index is 13.5. The number of carbonyl (C=O) groups is 1. The summed E-state index contributed by atoms with van der Waals surface area (Å²) in [5.41, 5.74) is 1.10. The number of nitrogens with one attached hydrogen (secondary N) is 3. The number of nitrogens with zero attached hydrogens (tertiary/aromatic N) is 1. The van der Waals surface area contributed by atoms with Crippen LogP contribution < -0.4 is 14.8 Å². The summed E-state index contributed by atoms with van der Waals surface area (Å²) in [5, 5.41) is 6.25. The molecule has 4 rings (SSSR count). The van der Waals surface area contributed by atoms with Gasteiger partial charge in [-0.1, -0.05) is 17.3 Å². The van der Waals surface area contributed by atoms with E-state index in [1.54, 1.807) is 13.8 Å². The smallest absolute Gasteiger partial charge is 0.264 e. The van der Waals surface area contributed by atoms with Gasteiger partial charge in [0, 0.05) is 11.3 Å². The summed E-state index contributed by atoms with van der Waals surface area (Å²) in [6, 6.07) is 12.9. The SMILES string of the molecule is Cc1noc(NS(=O)(=O)c2ccc(NC(=O)c3ccccc3NS(=O)(=O)c3ccc(F)c(F)c3)cc2)c1C. The molecule has 0 radical (unpaired) electrons. The average molecular weight is 563 g/mol. The number of para-hydroxylation sites is 1. The average Bonchev–Trinajstić information content (AvgIpc) is 3.17. The van der Waals surface area contributed by atoms with Crippen molar-refractivity contribution in [2.24, 2.45) is 0 Å². The van der Waals surface area contributed by atoms with E-state index in [4.69, 9.17) is 4.52 Å². The highest BCUT2D eigenvalue weighted by Gasteiger charge is 2.22. The number of amides is 1. The lowest BCUT2D eigenvalue weighted by atomic mass is 10.1. The molecule has 14 heteroatoms. The molecular formula is C24H20F2N4O6S2. The molecule has 0 fully saturated rings. The Hall–Kier alpha value is -4.30. The molecule has 0 saturated carbocycles. The summed E-state index contributed by atoms with van der Waals surface area (Å²) in [6.45, 7) is 3.32. The first-order chi connectivity index (χ1) is 17.9. The predicted octanol–water partition coefficient (Wildman–Crippen LogP) is 4.42. The van der Waals surface area contributed by atoms with Crippen molar-refractivity contribution < 1.29 is 34.9 Å². The van der Waals surface area contributed by atoms with Gasteiger partial charge >= 0.3 is 0 Å². The zero-order chi connectivity index (χ0) is 27.7. The van der Waals surface area contributed by atoms with E-state index in [-0.39, 0.29) is 27.7 Å². The number of halogens is 2. The van der Waals surface area contributed by atoms with Crippen LogP contribution in [0.2, 0.25) is 0 Å². The van der Waals surface area contributed by atoms with Crippen LogP contribution in [0.5, 0.6) is 0 Å². The molecule has 1 amide bonds. The molecule has 38 heavy (non-hydrogen) atoms. The molecule has 0 aliphatic rings. The van der Waals surface area contributed by atoms with Crippen LogP contribution in [-0.2, 0) is 20.0 Å². The number of hydrogen-bond donors (Lipinski definition) is 3. The van der Waals surface area contributed by atoms with Crippen molar-refractivity contribution in [1.29, 1.82) is 0 Å². The van der Waals surface area contributed by atoms with E-state index >= 15 is 0 Å². The van der Waals surface area contributed by atoms with E-state index in [0.717, 1.165) is 6.07 Å². The van der Waals surface area contributed by atoms with Crippen molar-refractivity contribution in [2.45, 2.75) is 23.6 Å². The van der Waals surface area contributed by atoms with E-state index in [0.29, 0.717) is 23.4 Å². The topological polar surface area (TPSA) is 147 Å². The van der Waals surface area contributed by atoms with Crippen LogP contribution in [0.25, 0.3) is 0 Å². The summed E-state index contributed by atoms with van der Waals surface area (Å²) >= 11 is 0. The first-order valence-electron chi connectivity index (χ1n) is 10.8. The Morgan fingerprint density at radius 3 is 2.08 bits per heavy atom. The lowest BCUT2D eigenvalue weighted by Gasteiger charge is -2.13. The molecule has 198 valence electrons. The summed E-state index contributed by atoms with van der Waals surface area (Å²) in [5.74, 6) is -3.27. The lowest BCUT2D eigenvalue weighted by Crippen LogP contribution is -2.19. The molecule has 0 aliphatic heterocycles. The first kappa shape index (κ1) is 26.8. The van der Waals surface area contributed by atoms with Gasteiger partial charge in [-0.05, 0) is 68.4 Å². The van der Waals surface area contributed by atoms with Crippen LogP contribution in [0.3, 0.4) is 0 Å². The van der Waals surface area contributed by atoms with Gasteiger partial charge in [0.15, 0.2) is 11.6 Å². The quantitative estimate of drug-likeness (QED) is 0.288. The van der Waals surface area contributed by atoms with Gasteiger partial charge in [0.2, 0.25) is 5.88 Å². The molecule has 0 aliphatic carbocycles. The molecule has 0 unspecified atom stereocenters. The van der Waals surface area contributed by atoms with E-state index in [1.807, 2.05) is 0 Å². The molecule has 0 bridgehead atoms. The molecule has 1 heterocycles. The van der Waals surface area contributed by atoms with E-state index in [2.05, 4.69) is 19.9 Å². The molecular weight excluding hydrogens is 542 g/mol. The number of rotatable bonds is 8. The Morgan fingerprint density at radius 2 is 1.45 bits per heavy atom. The van der Waals surface area contributed by atoms with Crippen LogP contribution in [-0.4, -0.2) is 27.9 Å². The van der Waals surface area contributed by atoms with Gasteiger partial charge < -0.3 is 9.84 Å². The molecule has 0 spiro atoms. The Bertz CT molecular complexity index is 1740. The molecule has 0 atom stereocenters. The maximum absolute atomic E-state index is 13.5. The van der Waals surface area contributed by atoms with Crippen molar-refractivity contribution >= 4 is 43.2 Å². The van der Waals surface area contributed by atoms with Gasteiger partial charge in [-0.3, -0.25) is 9.52 Å². The van der Waals surface area contributed by atoms with Gasteiger partial charge in [-0.25, -0.2) is 30.3 Å². The van der Waals surface area contributed by atoms with E-state index < -0.39 is 42.5 Å². The summed E-state index contributed by atoms with van der Waals surface area (Å²) < 4.78 is 86.9. The summed E-state index contributed by atoms with van der Waals surface area (Å²) in [6.07, 6.45) is 0. The van der Waals surface area contributed by atoms with Crippen LogP contribution in [0.4, 0.5) is 26.0 Å². The largest absolute Gasteiger partial charge is 0.337 e. The van der Waals surface area contributed by atoms with Gasteiger partial charge in [-0.2, -0.15) is 0 Å². The Balaban J connectivity index is 1.51. The predicted molar refractivity (Wildman–Crippen MR) is 135 cm³/mol. The van der Waals surface area contributed by atoms with Gasteiger partial charge in [0.25, 0.3) is 26.0 Å². The van der Waals surface area contributed by atoms with Crippen molar-refractivity contribution in [3.05, 3.63) is 95.2 Å². The number of sulfonamides is 2. The fraction of sp³-hybridized carbons (Fsp3) is 0.0833. The van der Waals surface area contributed by atoms with Crippen LogP contribution in [0.15, 0.2) is 81.0 Å². The Labute approximate surface area is 216 Å². The lowest BCUT2D eigenvalue weighted by molar-refractivity contribution is 0.102. The molecule has 10 nitrogen and oxygen atoms in total. The number of hydrogen-bond acceptors (Lipinski definition) is 7. The third-order valence-electron chi connectivity index (χ3n) is 5.42. The second kappa shape index (κ2) is 10.2. The minimum atomic E-state index is -4.35. The number of carbonyl (C=O) groups excluding carboxylic acids is 1. The van der Waals surface area contributed by atoms with Crippen LogP contribution in [0.1, 0.15) is 21.6 Å². The van der Waals surface area contributed by atoms with Gasteiger partial charge in [0.05, 0.1) is 26.7 Å². The summed E-state index contributed by atoms with van der Waals surface area (Å²) in [4.78, 5) is 12.3. The van der Waals surface area contributed by atoms with E-state index in [1.165, 1.54) is 48.5 Å². The highest BCUT2D eigenvalue weighted by Crippen LogP contribution is 2.25. The maximum Gasteiger partial charge on any atom is 0.264 e. The fourth-order valence-electron chi connectivity index (χ4n) is 3.23. The second-order valence-corrected chi connectivity index (χ2v) is 11.4. The van der Waals surface area contributed by atoms with Gasteiger partial charge in [0.1, 0.15) is 0 Å². The highest BCUT2D eigenvalue weighted by molar-refractivity contribution is 7.93. The van der Waals surface area contributed by atoms with Crippen molar-refractivity contribution in [1.82, 2.24) is 5.16 Å². The van der Waals surface area contributed by atoms with E-state index in [9.17, 15) is 30.4 Å². The molecule has 1 aromatic heterocycles. The zero-order valence-electron chi connectivity index (χ0n) is 19.8. The molecule has 4 aromatic rings. The summed E-state index contributed by atoms with van der Waals surface area (Å²) in [7, 11) is -8.36. The molecule has 3 N–H and O–H groups in total.